The van der Waals surface area contributed by atoms with Gasteiger partial charge in [-0.3, -0.25) is 9.89 Å². The van der Waals surface area contributed by atoms with Crippen molar-refractivity contribution in [1.82, 2.24) is 15.2 Å². The number of anilines is 2. The maximum absolute atomic E-state index is 12.4. The maximum Gasteiger partial charge on any atom is 0.228 e. The third-order valence-electron chi connectivity index (χ3n) is 4.90. The third-order valence-corrected chi connectivity index (χ3v) is 4.90. The Morgan fingerprint density at radius 3 is 2.61 bits per heavy atom. The van der Waals surface area contributed by atoms with Crippen LogP contribution in [0.2, 0.25) is 0 Å². The molecule has 0 fully saturated rings. The van der Waals surface area contributed by atoms with Crippen LogP contribution in [0.4, 0.5) is 11.5 Å². The van der Waals surface area contributed by atoms with Crippen LogP contribution in [0.25, 0.3) is 22.2 Å². The molecule has 0 saturated carbocycles. The topological polar surface area (TPSA) is 96.7 Å². The number of amides is 1. The Bertz CT molecular complexity index is 1160. The van der Waals surface area contributed by atoms with Crippen molar-refractivity contribution < 1.29 is 4.79 Å². The van der Waals surface area contributed by atoms with Gasteiger partial charge >= 0.3 is 0 Å². The number of nitrogens with zero attached hydrogens (tertiary/aromatic N) is 2. The van der Waals surface area contributed by atoms with Crippen molar-refractivity contribution in [3.8, 4) is 11.1 Å². The van der Waals surface area contributed by atoms with Crippen LogP contribution in [0, 0.1) is 13.8 Å². The number of nitrogens with two attached hydrogens (primary N) is 1. The van der Waals surface area contributed by atoms with Crippen molar-refractivity contribution in [3.63, 3.8) is 0 Å². The Kier molecular flexibility index (Phi) is 4.53. The molecule has 28 heavy (non-hydrogen) atoms. The monoisotopic (exact) mass is 371 g/mol. The number of pyridine rings is 1. The second kappa shape index (κ2) is 7.15. The second-order valence-corrected chi connectivity index (χ2v) is 6.92. The van der Waals surface area contributed by atoms with Crippen LogP contribution >= 0.6 is 0 Å². The lowest BCUT2D eigenvalue weighted by Crippen LogP contribution is -2.14. The number of hydrogen-bond acceptors (Lipinski definition) is 4. The number of aromatic nitrogens is 3. The first-order chi connectivity index (χ1) is 13.5. The molecule has 4 rings (SSSR count). The van der Waals surface area contributed by atoms with E-state index in [1.165, 1.54) is 11.1 Å². The van der Waals surface area contributed by atoms with Crippen molar-refractivity contribution >= 4 is 28.4 Å². The van der Waals surface area contributed by atoms with Gasteiger partial charge in [0.2, 0.25) is 5.91 Å². The smallest absolute Gasteiger partial charge is 0.228 e. The van der Waals surface area contributed by atoms with E-state index >= 15 is 0 Å². The van der Waals surface area contributed by atoms with Crippen molar-refractivity contribution in [2.45, 2.75) is 20.3 Å². The minimum Gasteiger partial charge on any atom is -0.383 e. The third kappa shape index (κ3) is 3.44. The van der Waals surface area contributed by atoms with Crippen molar-refractivity contribution in [2.24, 2.45) is 0 Å². The summed E-state index contributed by atoms with van der Waals surface area (Å²) in [5.74, 6) is 0.449. The fourth-order valence-corrected chi connectivity index (χ4v) is 3.25. The standard InChI is InChI=1S/C22H21N5O/c1-13-3-4-15(11-14(13)2)12-19(28)25-17-7-5-16(6-8-17)18-9-10-24-22-20(18)21(23)26-27-22/h3-11H,12H2,1-2H3,(H,25,28)(H3,23,24,26,27). The Labute approximate surface area is 162 Å². The number of carbonyl (C=O) groups is 1. The molecule has 2 aromatic carbocycles. The highest BCUT2D eigenvalue weighted by molar-refractivity contribution is 6.00. The number of nitrogens with one attached hydrogen (secondary N) is 2. The molecular formula is C22H21N5O. The summed E-state index contributed by atoms with van der Waals surface area (Å²) in [6.07, 6.45) is 2.05. The number of fused-ring (bicyclic) bond motifs is 1. The van der Waals surface area contributed by atoms with Gasteiger partial charge in [0.25, 0.3) is 0 Å². The molecule has 0 aliphatic heterocycles. The predicted molar refractivity (Wildman–Crippen MR) is 112 cm³/mol. The number of hydrogen-bond donors (Lipinski definition) is 3. The van der Waals surface area contributed by atoms with Gasteiger partial charge in [-0.15, -0.1) is 0 Å². The molecule has 4 N–H and O–H groups in total. The van der Waals surface area contributed by atoms with Gasteiger partial charge in [0.05, 0.1) is 11.8 Å². The van der Waals surface area contributed by atoms with Crippen molar-refractivity contribution in [3.05, 3.63) is 71.4 Å². The minimum absolute atomic E-state index is 0.0404. The number of aryl methyl sites for hydroxylation is 2. The highest BCUT2D eigenvalue weighted by Crippen LogP contribution is 2.30. The van der Waals surface area contributed by atoms with Crippen LogP contribution in [0.1, 0.15) is 16.7 Å². The lowest BCUT2D eigenvalue weighted by molar-refractivity contribution is -0.115. The van der Waals surface area contributed by atoms with Crippen LogP contribution in [-0.2, 0) is 11.2 Å². The first kappa shape index (κ1) is 17.7. The lowest BCUT2D eigenvalue weighted by Gasteiger charge is -2.09. The van der Waals surface area contributed by atoms with E-state index in [0.29, 0.717) is 17.9 Å². The predicted octanol–water partition coefficient (Wildman–Crippen LogP) is 4.01. The van der Waals surface area contributed by atoms with E-state index in [9.17, 15) is 4.79 Å². The molecular weight excluding hydrogens is 350 g/mol. The van der Waals surface area contributed by atoms with Gasteiger partial charge in [-0.25, -0.2) is 4.98 Å². The van der Waals surface area contributed by atoms with Gasteiger partial charge in [-0.05, 0) is 59.9 Å². The van der Waals surface area contributed by atoms with E-state index in [1.807, 2.05) is 42.5 Å². The zero-order valence-corrected chi connectivity index (χ0v) is 15.8. The zero-order chi connectivity index (χ0) is 19.7. The van der Waals surface area contributed by atoms with Gasteiger partial charge in [-0.1, -0.05) is 30.3 Å². The number of aromatic amines is 1. The largest absolute Gasteiger partial charge is 0.383 e. The molecule has 0 atom stereocenters. The Morgan fingerprint density at radius 2 is 1.86 bits per heavy atom. The molecule has 0 unspecified atom stereocenters. The number of H-pyrrole nitrogens is 1. The van der Waals surface area contributed by atoms with E-state index < -0.39 is 0 Å². The van der Waals surface area contributed by atoms with Gasteiger partial charge in [0, 0.05) is 11.9 Å². The van der Waals surface area contributed by atoms with Crippen LogP contribution < -0.4 is 11.1 Å². The number of carbonyl (C=O) groups excluding carboxylic acids is 1. The highest BCUT2D eigenvalue weighted by Gasteiger charge is 2.11. The average molecular weight is 371 g/mol. The molecule has 140 valence electrons. The SMILES string of the molecule is Cc1ccc(CC(=O)Nc2ccc(-c3ccnc4n[nH]c(N)c34)cc2)cc1C. The molecule has 4 aromatic rings. The highest BCUT2D eigenvalue weighted by atomic mass is 16.1. The molecule has 0 saturated heterocycles. The van der Waals surface area contributed by atoms with Crippen LogP contribution in [0.3, 0.4) is 0 Å². The van der Waals surface area contributed by atoms with Gasteiger partial charge < -0.3 is 11.1 Å². The van der Waals surface area contributed by atoms with Crippen LogP contribution in [0.5, 0.6) is 0 Å². The first-order valence-electron chi connectivity index (χ1n) is 9.06. The Morgan fingerprint density at radius 1 is 1.07 bits per heavy atom. The molecule has 0 spiro atoms. The van der Waals surface area contributed by atoms with E-state index in [4.69, 9.17) is 5.73 Å². The number of rotatable bonds is 4. The van der Waals surface area contributed by atoms with Gasteiger partial charge in [0.1, 0.15) is 5.82 Å². The zero-order valence-electron chi connectivity index (χ0n) is 15.8. The average Bonchev–Trinajstić information content (AvgIpc) is 3.07. The Balaban J connectivity index is 1.51. The summed E-state index contributed by atoms with van der Waals surface area (Å²) >= 11 is 0. The number of nitrogen functional groups attached to an aromatic ring is 1. The second-order valence-electron chi connectivity index (χ2n) is 6.92. The van der Waals surface area contributed by atoms with Crippen molar-refractivity contribution in [2.75, 3.05) is 11.1 Å². The molecule has 0 radical (unpaired) electrons. The quantitative estimate of drug-likeness (QED) is 0.505. The number of benzene rings is 2. The summed E-state index contributed by atoms with van der Waals surface area (Å²) in [7, 11) is 0. The van der Waals surface area contributed by atoms with E-state index in [0.717, 1.165) is 27.8 Å². The van der Waals surface area contributed by atoms with Crippen LogP contribution in [0.15, 0.2) is 54.7 Å². The fraction of sp³-hybridized carbons (Fsp3) is 0.136. The summed E-state index contributed by atoms with van der Waals surface area (Å²) < 4.78 is 0. The molecule has 0 bridgehead atoms. The molecule has 6 heteroatoms. The van der Waals surface area contributed by atoms with Crippen molar-refractivity contribution in [1.29, 1.82) is 0 Å². The van der Waals surface area contributed by atoms with Gasteiger partial charge in [0.15, 0.2) is 5.65 Å². The lowest BCUT2D eigenvalue weighted by atomic mass is 10.0. The summed E-state index contributed by atoms with van der Waals surface area (Å²) in [6.45, 7) is 4.12. The molecule has 1 amide bonds. The normalized spacial score (nSPS) is 10.9. The van der Waals surface area contributed by atoms with Crippen LogP contribution in [-0.4, -0.2) is 21.1 Å². The van der Waals surface area contributed by atoms with E-state index in [-0.39, 0.29) is 5.91 Å². The summed E-state index contributed by atoms with van der Waals surface area (Å²) in [4.78, 5) is 16.6. The maximum atomic E-state index is 12.4. The fourth-order valence-electron chi connectivity index (χ4n) is 3.25. The van der Waals surface area contributed by atoms with Gasteiger partial charge in [-0.2, -0.15) is 5.10 Å². The molecule has 0 aliphatic rings. The first-order valence-corrected chi connectivity index (χ1v) is 9.06. The minimum atomic E-state index is -0.0404. The summed E-state index contributed by atoms with van der Waals surface area (Å²) in [5, 5.41) is 10.6. The van der Waals surface area contributed by atoms with E-state index in [2.05, 4.69) is 40.4 Å². The summed E-state index contributed by atoms with van der Waals surface area (Å²) in [6, 6.07) is 15.7. The Hall–Kier alpha value is -3.67. The molecule has 0 aliphatic carbocycles. The molecule has 2 heterocycles. The van der Waals surface area contributed by atoms with E-state index in [1.54, 1.807) is 6.20 Å². The molecule has 6 nitrogen and oxygen atoms in total. The molecule has 2 aromatic heterocycles. The summed E-state index contributed by atoms with van der Waals surface area (Å²) in [5.41, 5.74) is 12.7.